The minimum absolute atomic E-state index is 0.255. The second-order valence-corrected chi connectivity index (χ2v) is 4.56. The first kappa shape index (κ1) is 11.7. The first-order valence-corrected chi connectivity index (χ1v) is 5.96. The van der Waals surface area contributed by atoms with Crippen molar-refractivity contribution in [1.82, 2.24) is 9.97 Å². The third-order valence-electron chi connectivity index (χ3n) is 2.71. The van der Waals surface area contributed by atoms with Crippen LogP contribution in [0.3, 0.4) is 0 Å². The van der Waals surface area contributed by atoms with Crippen LogP contribution < -0.4 is 5.73 Å². The third kappa shape index (κ3) is 2.03. The molecular weight excluding hydrogens is 245 g/mol. The van der Waals surface area contributed by atoms with Crippen LogP contribution in [0.25, 0.3) is 11.0 Å². The molecule has 86 valence electrons. The lowest BCUT2D eigenvalue weighted by atomic mass is 10.1. The largest absolute Gasteiger partial charge is 0.342 e. The summed E-state index contributed by atoms with van der Waals surface area (Å²) in [6.07, 6.45) is 0.956. The van der Waals surface area contributed by atoms with Gasteiger partial charge in [0.2, 0.25) is 0 Å². The zero-order chi connectivity index (χ0) is 11.7. The van der Waals surface area contributed by atoms with Crippen LogP contribution in [-0.2, 0) is 0 Å². The second-order valence-electron chi connectivity index (χ2n) is 3.75. The zero-order valence-corrected chi connectivity index (χ0v) is 10.4. The van der Waals surface area contributed by atoms with Gasteiger partial charge in [-0.15, -0.1) is 0 Å². The van der Waals surface area contributed by atoms with Gasteiger partial charge in [0.25, 0.3) is 0 Å². The lowest BCUT2D eigenvalue weighted by Crippen LogP contribution is -2.12. The molecule has 3 N–H and O–H groups in total. The molecule has 1 atom stereocenters. The average molecular weight is 258 g/mol. The number of nitrogens with two attached hydrogens (primary N) is 1. The van der Waals surface area contributed by atoms with Crippen LogP contribution in [-0.4, -0.2) is 16.5 Å². The highest BCUT2D eigenvalue weighted by Crippen LogP contribution is 2.28. The van der Waals surface area contributed by atoms with Gasteiger partial charge in [0.1, 0.15) is 5.82 Å². The Labute approximate surface area is 104 Å². The quantitative estimate of drug-likeness (QED) is 0.887. The number of halogens is 2. The number of hydrogen-bond donors (Lipinski definition) is 2. The maximum atomic E-state index is 5.94. The highest BCUT2D eigenvalue weighted by atomic mass is 35.5. The predicted octanol–water partition coefficient (Wildman–Crippen LogP) is 3.32. The molecule has 3 nitrogen and oxygen atoms in total. The van der Waals surface area contributed by atoms with Crippen LogP contribution in [0.4, 0.5) is 0 Å². The molecule has 0 fully saturated rings. The summed E-state index contributed by atoms with van der Waals surface area (Å²) in [5.41, 5.74) is 7.41. The number of rotatable bonds is 3. The highest BCUT2D eigenvalue weighted by molar-refractivity contribution is 6.42. The fourth-order valence-corrected chi connectivity index (χ4v) is 2.01. The molecule has 0 bridgehead atoms. The van der Waals surface area contributed by atoms with Gasteiger partial charge in [-0.2, -0.15) is 0 Å². The van der Waals surface area contributed by atoms with E-state index in [4.69, 9.17) is 28.9 Å². The highest BCUT2D eigenvalue weighted by Gasteiger charge is 2.13. The number of nitrogens with one attached hydrogen (secondary N) is 1. The Morgan fingerprint density at radius 3 is 2.69 bits per heavy atom. The van der Waals surface area contributed by atoms with E-state index in [-0.39, 0.29) is 5.92 Å². The number of imidazole rings is 1. The molecule has 0 aliphatic carbocycles. The van der Waals surface area contributed by atoms with Gasteiger partial charge in [-0.25, -0.2) is 4.98 Å². The van der Waals surface area contributed by atoms with Crippen LogP contribution in [0, 0.1) is 0 Å². The van der Waals surface area contributed by atoms with Gasteiger partial charge in [-0.1, -0.05) is 30.1 Å². The number of fused-ring (bicyclic) bond motifs is 1. The molecule has 0 saturated heterocycles. The van der Waals surface area contributed by atoms with Crippen molar-refractivity contribution in [2.75, 3.05) is 6.54 Å². The van der Waals surface area contributed by atoms with Crippen LogP contribution in [0.15, 0.2) is 12.1 Å². The summed E-state index contributed by atoms with van der Waals surface area (Å²) in [5, 5.41) is 1.05. The van der Waals surface area contributed by atoms with Gasteiger partial charge < -0.3 is 10.7 Å². The monoisotopic (exact) mass is 257 g/mol. The van der Waals surface area contributed by atoms with Crippen molar-refractivity contribution in [3.05, 3.63) is 28.0 Å². The SMILES string of the molecule is CCC(CN)c1nc2cc(Cl)c(Cl)cc2[nH]1. The Morgan fingerprint density at radius 2 is 2.06 bits per heavy atom. The summed E-state index contributed by atoms with van der Waals surface area (Å²) in [7, 11) is 0. The Balaban J connectivity index is 2.51. The summed E-state index contributed by atoms with van der Waals surface area (Å²) >= 11 is 11.9. The maximum Gasteiger partial charge on any atom is 0.111 e. The van der Waals surface area contributed by atoms with Crippen LogP contribution in [0.5, 0.6) is 0 Å². The van der Waals surface area contributed by atoms with Crippen molar-refractivity contribution in [3.63, 3.8) is 0 Å². The van der Waals surface area contributed by atoms with E-state index in [1.165, 1.54) is 0 Å². The van der Waals surface area contributed by atoms with E-state index in [9.17, 15) is 0 Å². The molecule has 16 heavy (non-hydrogen) atoms. The molecule has 2 rings (SSSR count). The average Bonchev–Trinajstić information content (AvgIpc) is 2.63. The van der Waals surface area contributed by atoms with Gasteiger partial charge >= 0.3 is 0 Å². The predicted molar refractivity (Wildman–Crippen MR) is 68.2 cm³/mol. The minimum atomic E-state index is 0.255. The molecule has 1 unspecified atom stereocenters. The molecular formula is C11H13Cl2N3. The lowest BCUT2D eigenvalue weighted by Gasteiger charge is -2.07. The summed E-state index contributed by atoms with van der Waals surface area (Å²) in [5.74, 6) is 1.16. The first-order valence-electron chi connectivity index (χ1n) is 5.20. The van der Waals surface area contributed by atoms with Gasteiger partial charge in [0.15, 0.2) is 0 Å². The van der Waals surface area contributed by atoms with Crippen molar-refractivity contribution in [1.29, 1.82) is 0 Å². The zero-order valence-electron chi connectivity index (χ0n) is 8.93. The molecule has 1 aromatic heterocycles. The van der Waals surface area contributed by atoms with Gasteiger partial charge in [-0.05, 0) is 18.6 Å². The Morgan fingerprint density at radius 1 is 1.38 bits per heavy atom. The van der Waals surface area contributed by atoms with Crippen molar-refractivity contribution in [2.24, 2.45) is 5.73 Å². The number of nitrogens with zero attached hydrogens (tertiary/aromatic N) is 1. The Kier molecular flexibility index (Phi) is 3.38. The molecule has 0 aliphatic heterocycles. The Bertz CT molecular complexity index is 464. The topological polar surface area (TPSA) is 54.7 Å². The number of H-pyrrole nitrogens is 1. The molecule has 1 aromatic carbocycles. The third-order valence-corrected chi connectivity index (χ3v) is 3.43. The number of aromatic nitrogens is 2. The fourth-order valence-electron chi connectivity index (χ4n) is 1.69. The van der Waals surface area contributed by atoms with Crippen molar-refractivity contribution >= 4 is 34.2 Å². The molecule has 2 aromatic rings. The molecule has 0 saturated carbocycles. The van der Waals surface area contributed by atoms with E-state index in [2.05, 4.69) is 16.9 Å². The first-order chi connectivity index (χ1) is 7.65. The molecule has 1 heterocycles. The molecule has 0 spiro atoms. The van der Waals surface area contributed by atoms with Crippen LogP contribution in [0.1, 0.15) is 25.1 Å². The summed E-state index contributed by atoms with van der Waals surface area (Å²) in [6.45, 7) is 2.67. The standard InChI is InChI=1S/C11H13Cl2N3/c1-2-6(5-14)11-15-9-3-7(12)8(13)4-10(9)16-11/h3-4,6H,2,5,14H2,1H3,(H,15,16). The normalized spacial score (nSPS) is 13.2. The van der Waals surface area contributed by atoms with E-state index in [0.29, 0.717) is 16.6 Å². The smallest absolute Gasteiger partial charge is 0.111 e. The lowest BCUT2D eigenvalue weighted by molar-refractivity contribution is 0.641. The van der Waals surface area contributed by atoms with E-state index >= 15 is 0 Å². The van der Waals surface area contributed by atoms with E-state index < -0.39 is 0 Å². The van der Waals surface area contributed by atoms with Gasteiger partial charge in [-0.3, -0.25) is 0 Å². The van der Waals surface area contributed by atoms with E-state index in [1.54, 1.807) is 12.1 Å². The number of aromatic amines is 1. The van der Waals surface area contributed by atoms with Crippen molar-refractivity contribution < 1.29 is 0 Å². The molecule has 0 aliphatic rings. The van der Waals surface area contributed by atoms with E-state index in [0.717, 1.165) is 23.3 Å². The van der Waals surface area contributed by atoms with Crippen LogP contribution in [0.2, 0.25) is 10.0 Å². The van der Waals surface area contributed by atoms with Crippen LogP contribution >= 0.6 is 23.2 Å². The molecule has 0 radical (unpaired) electrons. The second kappa shape index (κ2) is 4.62. The van der Waals surface area contributed by atoms with Gasteiger partial charge in [0, 0.05) is 12.5 Å². The Hall–Kier alpha value is -0.770. The summed E-state index contributed by atoms with van der Waals surface area (Å²) in [6, 6.07) is 3.56. The maximum absolute atomic E-state index is 5.94. The summed E-state index contributed by atoms with van der Waals surface area (Å²) in [4.78, 5) is 7.71. The van der Waals surface area contributed by atoms with Crippen molar-refractivity contribution in [3.8, 4) is 0 Å². The minimum Gasteiger partial charge on any atom is -0.342 e. The number of benzene rings is 1. The number of hydrogen-bond acceptors (Lipinski definition) is 2. The molecule has 0 amide bonds. The van der Waals surface area contributed by atoms with E-state index in [1.807, 2.05) is 0 Å². The molecule has 5 heteroatoms. The summed E-state index contributed by atoms with van der Waals surface area (Å²) < 4.78 is 0. The van der Waals surface area contributed by atoms with Crippen molar-refractivity contribution in [2.45, 2.75) is 19.3 Å². The fraction of sp³-hybridized carbons (Fsp3) is 0.364. The van der Waals surface area contributed by atoms with Gasteiger partial charge in [0.05, 0.1) is 21.1 Å².